The van der Waals surface area contributed by atoms with Gasteiger partial charge >= 0.3 is 5.97 Å². The van der Waals surface area contributed by atoms with Crippen molar-refractivity contribution in [3.8, 4) is 0 Å². The molecule has 116 valence electrons. The predicted molar refractivity (Wildman–Crippen MR) is 78.4 cm³/mol. The Morgan fingerprint density at radius 2 is 1.86 bits per heavy atom. The fraction of sp³-hybridized carbons (Fsp3) is 0.500. The van der Waals surface area contributed by atoms with Crippen molar-refractivity contribution in [2.75, 3.05) is 0 Å². The molecule has 1 unspecified atom stereocenters. The van der Waals surface area contributed by atoms with Gasteiger partial charge in [0.1, 0.15) is 11.9 Å². The first-order valence-electron chi connectivity index (χ1n) is 7.15. The van der Waals surface area contributed by atoms with Crippen LogP contribution in [0.4, 0.5) is 4.39 Å². The SMILES string of the molecule is CC(C)CC(NC(=O)CCCc1ccc(F)cc1)C(=O)O. The van der Waals surface area contributed by atoms with Gasteiger partial charge in [-0.05, 0) is 42.9 Å². The van der Waals surface area contributed by atoms with Gasteiger partial charge in [0.25, 0.3) is 0 Å². The maximum absolute atomic E-state index is 12.7. The lowest BCUT2D eigenvalue weighted by molar-refractivity contribution is -0.142. The highest BCUT2D eigenvalue weighted by atomic mass is 19.1. The van der Waals surface area contributed by atoms with E-state index in [-0.39, 0.29) is 24.1 Å². The average Bonchev–Trinajstić information content (AvgIpc) is 2.39. The van der Waals surface area contributed by atoms with Crippen molar-refractivity contribution in [3.05, 3.63) is 35.6 Å². The lowest BCUT2D eigenvalue weighted by Gasteiger charge is -2.16. The second kappa shape index (κ2) is 8.39. The van der Waals surface area contributed by atoms with Crippen LogP contribution in [-0.4, -0.2) is 23.0 Å². The Morgan fingerprint density at radius 1 is 1.24 bits per heavy atom. The van der Waals surface area contributed by atoms with Crippen molar-refractivity contribution in [1.82, 2.24) is 5.32 Å². The van der Waals surface area contributed by atoms with Gasteiger partial charge in [-0.15, -0.1) is 0 Å². The van der Waals surface area contributed by atoms with Crippen LogP contribution >= 0.6 is 0 Å². The first kappa shape index (κ1) is 17.1. The predicted octanol–water partition coefficient (Wildman–Crippen LogP) is 2.76. The first-order chi connectivity index (χ1) is 9.88. The van der Waals surface area contributed by atoms with E-state index in [0.29, 0.717) is 19.3 Å². The minimum Gasteiger partial charge on any atom is -0.480 e. The number of amides is 1. The number of nitrogens with one attached hydrogen (secondary N) is 1. The molecule has 0 aliphatic carbocycles. The molecule has 2 N–H and O–H groups in total. The van der Waals surface area contributed by atoms with Gasteiger partial charge in [-0.2, -0.15) is 0 Å². The topological polar surface area (TPSA) is 66.4 Å². The molecule has 1 aromatic rings. The molecule has 0 spiro atoms. The van der Waals surface area contributed by atoms with Crippen molar-refractivity contribution < 1.29 is 19.1 Å². The summed E-state index contributed by atoms with van der Waals surface area (Å²) in [4.78, 5) is 22.8. The molecular formula is C16H22FNO3. The summed E-state index contributed by atoms with van der Waals surface area (Å²) < 4.78 is 12.7. The van der Waals surface area contributed by atoms with Gasteiger partial charge in [0.05, 0.1) is 0 Å². The van der Waals surface area contributed by atoms with Crippen molar-refractivity contribution in [1.29, 1.82) is 0 Å². The number of rotatable bonds is 8. The van der Waals surface area contributed by atoms with E-state index in [1.807, 2.05) is 13.8 Å². The fourth-order valence-corrected chi connectivity index (χ4v) is 2.06. The number of aryl methyl sites for hydroxylation is 1. The summed E-state index contributed by atoms with van der Waals surface area (Å²) in [6.07, 6.45) is 1.94. The molecule has 1 amide bonds. The molecule has 1 atom stereocenters. The third-order valence-electron chi connectivity index (χ3n) is 3.12. The molecule has 0 aromatic heterocycles. The van der Waals surface area contributed by atoms with Gasteiger partial charge in [0, 0.05) is 6.42 Å². The lowest BCUT2D eigenvalue weighted by atomic mass is 10.0. The largest absolute Gasteiger partial charge is 0.480 e. The minimum atomic E-state index is -1.00. The Bertz CT molecular complexity index is 471. The number of aliphatic carboxylic acids is 1. The number of halogens is 1. The molecular weight excluding hydrogens is 273 g/mol. The van der Waals surface area contributed by atoms with Gasteiger partial charge in [-0.1, -0.05) is 26.0 Å². The van der Waals surface area contributed by atoms with Crippen LogP contribution in [-0.2, 0) is 16.0 Å². The highest BCUT2D eigenvalue weighted by Crippen LogP contribution is 2.08. The fourth-order valence-electron chi connectivity index (χ4n) is 2.06. The van der Waals surface area contributed by atoms with E-state index in [1.54, 1.807) is 12.1 Å². The van der Waals surface area contributed by atoms with Crippen LogP contribution in [0.25, 0.3) is 0 Å². The molecule has 4 nitrogen and oxygen atoms in total. The summed E-state index contributed by atoms with van der Waals surface area (Å²) in [5.41, 5.74) is 0.959. The monoisotopic (exact) mass is 295 g/mol. The molecule has 0 saturated heterocycles. The molecule has 0 fully saturated rings. The van der Waals surface area contributed by atoms with Gasteiger partial charge in [-0.3, -0.25) is 4.79 Å². The van der Waals surface area contributed by atoms with E-state index in [9.17, 15) is 14.0 Å². The summed E-state index contributed by atoms with van der Waals surface area (Å²) in [5.74, 6) is -1.35. The molecule has 21 heavy (non-hydrogen) atoms. The third-order valence-corrected chi connectivity index (χ3v) is 3.12. The summed E-state index contributed by atoms with van der Waals surface area (Å²) >= 11 is 0. The van der Waals surface area contributed by atoms with Crippen LogP contribution in [0.3, 0.4) is 0 Å². The lowest BCUT2D eigenvalue weighted by Crippen LogP contribution is -2.41. The number of hydrogen-bond donors (Lipinski definition) is 2. The normalized spacial score (nSPS) is 12.2. The number of hydrogen-bond acceptors (Lipinski definition) is 2. The summed E-state index contributed by atoms with van der Waals surface area (Å²) in [6, 6.07) is 5.32. The zero-order chi connectivity index (χ0) is 15.8. The number of carbonyl (C=O) groups is 2. The van der Waals surface area contributed by atoms with E-state index in [4.69, 9.17) is 5.11 Å². The first-order valence-corrected chi connectivity index (χ1v) is 7.15. The molecule has 0 radical (unpaired) electrons. The second-order valence-corrected chi connectivity index (χ2v) is 5.57. The van der Waals surface area contributed by atoms with Crippen LogP contribution in [0, 0.1) is 11.7 Å². The van der Waals surface area contributed by atoms with E-state index in [1.165, 1.54) is 12.1 Å². The van der Waals surface area contributed by atoms with Crippen molar-refractivity contribution in [2.45, 2.75) is 45.6 Å². The molecule has 1 aromatic carbocycles. The molecule has 5 heteroatoms. The Labute approximate surface area is 124 Å². The summed E-state index contributed by atoms with van der Waals surface area (Å²) in [6.45, 7) is 3.83. The van der Waals surface area contributed by atoms with Gasteiger partial charge in [0.15, 0.2) is 0 Å². The van der Waals surface area contributed by atoms with Crippen LogP contribution < -0.4 is 5.32 Å². The minimum absolute atomic E-state index is 0.200. The number of carboxylic acids is 1. The highest BCUT2D eigenvalue weighted by molar-refractivity contribution is 5.83. The van der Waals surface area contributed by atoms with Crippen LogP contribution in [0.15, 0.2) is 24.3 Å². The van der Waals surface area contributed by atoms with E-state index < -0.39 is 12.0 Å². The van der Waals surface area contributed by atoms with Crippen LogP contribution in [0.1, 0.15) is 38.7 Å². The van der Waals surface area contributed by atoms with Crippen molar-refractivity contribution in [3.63, 3.8) is 0 Å². The number of benzene rings is 1. The number of carboxylic acid groups (broad SMARTS) is 1. The molecule has 1 rings (SSSR count). The molecule has 0 saturated carbocycles. The Hall–Kier alpha value is -1.91. The van der Waals surface area contributed by atoms with Gasteiger partial charge < -0.3 is 10.4 Å². The number of carbonyl (C=O) groups excluding carboxylic acids is 1. The van der Waals surface area contributed by atoms with Crippen LogP contribution in [0.2, 0.25) is 0 Å². The van der Waals surface area contributed by atoms with E-state index >= 15 is 0 Å². The molecule has 0 bridgehead atoms. The van der Waals surface area contributed by atoms with Crippen molar-refractivity contribution in [2.24, 2.45) is 5.92 Å². The van der Waals surface area contributed by atoms with E-state index in [2.05, 4.69) is 5.32 Å². The average molecular weight is 295 g/mol. The zero-order valence-corrected chi connectivity index (χ0v) is 12.4. The molecule has 0 aliphatic rings. The Kier molecular flexibility index (Phi) is 6.85. The van der Waals surface area contributed by atoms with Gasteiger partial charge in [-0.25, -0.2) is 9.18 Å². The smallest absolute Gasteiger partial charge is 0.326 e. The second-order valence-electron chi connectivity index (χ2n) is 5.57. The van der Waals surface area contributed by atoms with Crippen LogP contribution in [0.5, 0.6) is 0 Å². The standard InChI is InChI=1S/C16H22FNO3/c1-11(2)10-14(16(20)21)18-15(19)5-3-4-12-6-8-13(17)9-7-12/h6-9,11,14H,3-5,10H2,1-2H3,(H,18,19)(H,20,21). The van der Waals surface area contributed by atoms with Crippen molar-refractivity contribution >= 4 is 11.9 Å². The Balaban J connectivity index is 2.35. The maximum atomic E-state index is 12.7. The summed E-state index contributed by atoms with van der Waals surface area (Å²) in [7, 11) is 0. The zero-order valence-electron chi connectivity index (χ0n) is 12.4. The van der Waals surface area contributed by atoms with E-state index in [0.717, 1.165) is 5.56 Å². The quantitative estimate of drug-likeness (QED) is 0.775. The maximum Gasteiger partial charge on any atom is 0.326 e. The van der Waals surface area contributed by atoms with Gasteiger partial charge in [0.2, 0.25) is 5.91 Å². The Morgan fingerprint density at radius 3 is 2.38 bits per heavy atom. The molecule has 0 heterocycles. The summed E-state index contributed by atoms with van der Waals surface area (Å²) in [5, 5.41) is 11.6. The highest BCUT2D eigenvalue weighted by Gasteiger charge is 2.20. The third kappa shape index (κ3) is 6.88. The molecule has 0 aliphatic heterocycles.